The van der Waals surface area contributed by atoms with E-state index < -0.39 is 0 Å². The third-order valence-electron chi connectivity index (χ3n) is 2.48. The van der Waals surface area contributed by atoms with Crippen LogP contribution in [0.5, 0.6) is 0 Å². The van der Waals surface area contributed by atoms with Gasteiger partial charge in [0.25, 0.3) is 0 Å². The average molecular weight is 171 g/mol. The van der Waals surface area contributed by atoms with Gasteiger partial charge in [-0.25, -0.2) is 0 Å². The second-order valence-electron chi connectivity index (χ2n) is 3.47. The number of aliphatic hydroxyl groups is 1. The Morgan fingerprint density at radius 1 is 1.75 bits per heavy atom. The van der Waals surface area contributed by atoms with Crippen LogP contribution in [0, 0.1) is 11.3 Å². The van der Waals surface area contributed by atoms with E-state index in [1.807, 2.05) is 4.90 Å². The van der Waals surface area contributed by atoms with Gasteiger partial charge in [0, 0.05) is 19.0 Å². The van der Waals surface area contributed by atoms with Crippen molar-refractivity contribution in [3.63, 3.8) is 0 Å². The Kier molecular flexibility index (Phi) is 2.92. The Balaban J connectivity index is 2.46. The summed E-state index contributed by atoms with van der Waals surface area (Å²) in [5.41, 5.74) is 5.36. The normalized spacial score (nSPS) is 26.8. The van der Waals surface area contributed by atoms with Crippen molar-refractivity contribution in [2.45, 2.75) is 25.9 Å². The molecule has 0 aromatic rings. The summed E-state index contributed by atoms with van der Waals surface area (Å²) in [4.78, 5) is 1.82. The summed E-state index contributed by atoms with van der Waals surface area (Å²) in [5, 5.41) is 16.6. The maximum atomic E-state index is 9.34. The van der Waals surface area contributed by atoms with Gasteiger partial charge in [-0.3, -0.25) is 5.41 Å². The van der Waals surface area contributed by atoms with E-state index in [-0.39, 0.29) is 18.0 Å². The van der Waals surface area contributed by atoms with Gasteiger partial charge in [-0.05, 0) is 19.8 Å². The topological polar surface area (TPSA) is 73.3 Å². The standard InChI is InChI=1S/C8H17N3O/c1-6(12)7-3-2-4-11(5-7)8(9)10/h6-7,12H,2-5H2,1H3,(H3,9,10). The average Bonchev–Trinajstić information content (AvgIpc) is 2.04. The lowest BCUT2D eigenvalue weighted by Gasteiger charge is -2.34. The second-order valence-corrected chi connectivity index (χ2v) is 3.47. The molecular formula is C8H17N3O. The number of rotatable bonds is 1. The van der Waals surface area contributed by atoms with Gasteiger partial charge in [-0.1, -0.05) is 0 Å². The molecule has 0 saturated carbocycles. The van der Waals surface area contributed by atoms with Gasteiger partial charge in [0.05, 0.1) is 6.10 Å². The highest BCUT2D eigenvalue weighted by atomic mass is 16.3. The van der Waals surface area contributed by atoms with Crippen LogP contribution in [0.25, 0.3) is 0 Å². The van der Waals surface area contributed by atoms with Crippen LogP contribution in [-0.4, -0.2) is 35.2 Å². The van der Waals surface area contributed by atoms with Crippen LogP contribution in [0.4, 0.5) is 0 Å². The Morgan fingerprint density at radius 3 is 2.92 bits per heavy atom. The number of hydrogen-bond acceptors (Lipinski definition) is 2. The molecule has 0 radical (unpaired) electrons. The molecule has 1 saturated heterocycles. The van der Waals surface area contributed by atoms with Crippen LogP contribution >= 0.6 is 0 Å². The number of hydrogen-bond donors (Lipinski definition) is 3. The second kappa shape index (κ2) is 3.76. The van der Waals surface area contributed by atoms with Gasteiger partial charge in [0.15, 0.2) is 5.96 Å². The highest BCUT2D eigenvalue weighted by Crippen LogP contribution is 2.18. The lowest BCUT2D eigenvalue weighted by Crippen LogP contribution is -2.45. The molecule has 0 aromatic carbocycles. The summed E-state index contributed by atoms with van der Waals surface area (Å²) in [6.07, 6.45) is 1.78. The molecule has 1 aliphatic rings. The molecule has 70 valence electrons. The monoisotopic (exact) mass is 171 g/mol. The maximum absolute atomic E-state index is 9.34. The molecule has 0 amide bonds. The molecule has 2 unspecified atom stereocenters. The number of likely N-dealkylation sites (tertiary alicyclic amines) is 1. The smallest absolute Gasteiger partial charge is 0.188 e. The number of piperidine rings is 1. The van der Waals surface area contributed by atoms with Crippen molar-refractivity contribution < 1.29 is 5.11 Å². The first kappa shape index (κ1) is 9.32. The van der Waals surface area contributed by atoms with Crippen molar-refractivity contribution in [1.82, 2.24) is 4.90 Å². The van der Waals surface area contributed by atoms with Gasteiger partial charge in [0.2, 0.25) is 0 Å². The van der Waals surface area contributed by atoms with E-state index in [2.05, 4.69) is 0 Å². The molecule has 0 aromatic heterocycles. The molecule has 12 heavy (non-hydrogen) atoms. The van der Waals surface area contributed by atoms with E-state index in [1.165, 1.54) is 0 Å². The van der Waals surface area contributed by atoms with E-state index in [4.69, 9.17) is 11.1 Å². The van der Waals surface area contributed by atoms with E-state index in [0.29, 0.717) is 0 Å². The fraction of sp³-hybridized carbons (Fsp3) is 0.875. The predicted molar refractivity (Wildman–Crippen MR) is 47.9 cm³/mol. The van der Waals surface area contributed by atoms with Crippen molar-refractivity contribution in [1.29, 1.82) is 5.41 Å². The summed E-state index contributed by atoms with van der Waals surface area (Å²) in [6, 6.07) is 0. The zero-order valence-corrected chi connectivity index (χ0v) is 7.45. The number of nitrogens with zero attached hydrogens (tertiary/aromatic N) is 1. The van der Waals surface area contributed by atoms with Crippen LogP contribution < -0.4 is 5.73 Å². The molecule has 4 N–H and O–H groups in total. The van der Waals surface area contributed by atoms with E-state index in [1.54, 1.807) is 6.92 Å². The van der Waals surface area contributed by atoms with Crippen molar-refractivity contribution in [2.75, 3.05) is 13.1 Å². The predicted octanol–water partition coefficient (Wildman–Crippen LogP) is -0.0273. The third-order valence-corrected chi connectivity index (χ3v) is 2.48. The summed E-state index contributed by atoms with van der Waals surface area (Å²) < 4.78 is 0. The van der Waals surface area contributed by atoms with Gasteiger partial charge >= 0.3 is 0 Å². The Bertz CT molecular complexity index is 170. The molecule has 0 aliphatic carbocycles. The molecule has 0 bridgehead atoms. The van der Waals surface area contributed by atoms with Crippen LogP contribution in [-0.2, 0) is 0 Å². The molecule has 1 rings (SSSR count). The minimum absolute atomic E-state index is 0.125. The highest BCUT2D eigenvalue weighted by molar-refractivity contribution is 5.74. The number of nitrogens with one attached hydrogen (secondary N) is 1. The first-order valence-electron chi connectivity index (χ1n) is 4.38. The fourth-order valence-corrected chi connectivity index (χ4v) is 1.62. The van der Waals surface area contributed by atoms with E-state index in [9.17, 15) is 5.11 Å². The van der Waals surface area contributed by atoms with Crippen molar-refractivity contribution in [3.05, 3.63) is 0 Å². The van der Waals surface area contributed by atoms with Gasteiger partial charge in [-0.15, -0.1) is 0 Å². The maximum Gasteiger partial charge on any atom is 0.188 e. The molecule has 2 atom stereocenters. The first-order chi connectivity index (χ1) is 5.61. The van der Waals surface area contributed by atoms with Gasteiger partial charge in [-0.2, -0.15) is 0 Å². The molecule has 0 spiro atoms. The van der Waals surface area contributed by atoms with Crippen LogP contribution in [0.2, 0.25) is 0 Å². The Hall–Kier alpha value is -0.770. The van der Waals surface area contributed by atoms with Crippen molar-refractivity contribution in [3.8, 4) is 0 Å². The highest BCUT2D eigenvalue weighted by Gasteiger charge is 2.23. The zero-order valence-electron chi connectivity index (χ0n) is 7.45. The van der Waals surface area contributed by atoms with Gasteiger partial charge < -0.3 is 15.7 Å². The minimum Gasteiger partial charge on any atom is -0.393 e. The molecule has 1 heterocycles. The van der Waals surface area contributed by atoms with Crippen LogP contribution in [0.15, 0.2) is 0 Å². The SMILES string of the molecule is CC(O)C1CCCN(C(=N)N)C1. The Labute approximate surface area is 72.9 Å². The molecule has 1 aliphatic heterocycles. The van der Waals surface area contributed by atoms with E-state index >= 15 is 0 Å². The third kappa shape index (κ3) is 2.11. The summed E-state index contributed by atoms with van der Waals surface area (Å²) in [7, 11) is 0. The van der Waals surface area contributed by atoms with Crippen molar-refractivity contribution in [2.24, 2.45) is 11.7 Å². The fourth-order valence-electron chi connectivity index (χ4n) is 1.62. The lowest BCUT2D eigenvalue weighted by atomic mass is 9.94. The summed E-state index contributed by atoms with van der Waals surface area (Å²) >= 11 is 0. The quantitative estimate of drug-likeness (QED) is 0.383. The van der Waals surface area contributed by atoms with Crippen LogP contribution in [0.3, 0.4) is 0 Å². The Morgan fingerprint density at radius 2 is 2.42 bits per heavy atom. The van der Waals surface area contributed by atoms with Crippen molar-refractivity contribution >= 4 is 5.96 Å². The van der Waals surface area contributed by atoms with E-state index in [0.717, 1.165) is 25.9 Å². The minimum atomic E-state index is -0.285. The molecular weight excluding hydrogens is 154 g/mol. The molecule has 4 heteroatoms. The van der Waals surface area contributed by atoms with Gasteiger partial charge in [0.1, 0.15) is 0 Å². The molecule has 1 fully saturated rings. The zero-order chi connectivity index (χ0) is 9.14. The summed E-state index contributed by atoms with van der Waals surface area (Å²) in [5.74, 6) is 0.406. The number of aliphatic hydroxyl groups excluding tert-OH is 1. The lowest BCUT2D eigenvalue weighted by molar-refractivity contribution is 0.0847. The van der Waals surface area contributed by atoms with Crippen LogP contribution in [0.1, 0.15) is 19.8 Å². The first-order valence-corrected chi connectivity index (χ1v) is 4.38. The largest absolute Gasteiger partial charge is 0.393 e. The number of guanidine groups is 1. The number of nitrogens with two attached hydrogens (primary N) is 1. The molecule has 4 nitrogen and oxygen atoms in total. The summed E-state index contributed by atoms with van der Waals surface area (Å²) in [6.45, 7) is 3.39.